The maximum atomic E-state index is 12.3. The van der Waals surface area contributed by atoms with Crippen LogP contribution in [0, 0.1) is 0 Å². The lowest BCUT2D eigenvalue weighted by molar-refractivity contribution is 0.104. The van der Waals surface area contributed by atoms with Crippen LogP contribution in [0.1, 0.15) is 32.4 Å². The molecule has 0 saturated carbocycles. The topological polar surface area (TPSA) is 72.8 Å². The molecule has 0 aliphatic heterocycles. The highest BCUT2D eigenvalue weighted by Gasteiger charge is 2.09. The minimum atomic E-state index is -0.293. The number of carbonyl (C=O) groups excluding carboxylic acids is 2. The quantitative estimate of drug-likeness (QED) is 0.505. The molecule has 0 fully saturated rings. The van der Waals surface area contributed by atoms with Gasteiger partial charge in [-0.05, 0) is 60.7 Å². The second-order valence-corrected chi connectivity index (χ2v) is 5.31. The molecule has 0 atom stereocenters. The standard InChI is InChI=1S/C21H15N3O2/c25-20(12-10-16-6-1-3-14-22-16)18-8-5-9-19(24-18)21(26)13-11-17-7-2-4-15-23-17/h1-15H/b12-10-,13-11-. The highest BCUT2D eigenvalue weighted by molar-refractivity contribution is 6.08. The molecule has 0 unspecified atom stereocenters. The first kappa shape index (κ1) is 17.1. The van der Waals surface area contributed by atoms with Crippen molar-refractivity contribution in [2.45, 2.75) is 0 Å². The number of hydrogen-bond donors (Lipinski definition) is 0. The predicted octanol–water partition coefficient (Wildman–Crippen LogP) is 3.66. The molecule has 3 heterocycles. The van der Waals surface area contributed by atoms with Crippen LogP contribution in [0.15, 0.2) is 79.1 Å². The third kappa shape index (κ3) is 4.64. The SMILES string of the molecule is O=C(/C=C\c1ccccn1)c1cccc(C(=O)/C=C\c2ccccn2)n1. The van der Waals surface area contributed by atoms with Gasteiger partial charge in [-0.1, -0.05) is 18.2 Å². The molecule has 0 bridgehead atoms. The van der Waals surface area contributed by atoms with Crippen LogP contribution in [0.3, 0.4) is 0 Å². The molecule has 5 heteroatoms. The van der Waals surface area contributed by atoms with Gasteiger partial charge < -0.3 is 0 Å². The largest absolute Gasteiger partial charge is 0.288 e. The molecule has 3 aromatic heterocycles. The summed E-state index contributed by atoms with van der Waals surface area (Å²) in [5, 5.41) is 0. The average molecular weight is 341 g/mol. The van der Waals surface area contributed by atoms with Crippen LogP contribution >= 0.6 is 0 Å². The molecular weight excluding hydrogens is 326 g/mol. The lowest BCUT2D eigenvalue weighted by Crippen LogP contribution is -2.05. The van der Waals surface area contributed by atoms with Crippen molar-refractivity contribution < 1.29 is 9.59 Å². The molecule has 3 aromatic rings. The summed E-state index contributed by atoms with van der Waals surface area (Å²) in [6.45, 7) is 0. The van der Waals surface area contributed by atoms with E-state index in [1.165, 1.54) is 12.2 Å². The molecule has 0 saturated heterocycles. The first-order valence-electron chi connectivity index (χ1n) is 7.96. The zero-order valence-electron chi connectivity index (χ0n) is 13.8. The normalized spacial score (nSPS) is 11.1. The van der Waals surface area contributed by atoms with Gasteiger partial charge in [-0.3, -0.25) is 19.6 Å². The van der Waals surface area contributed by atoms with Crippen molar-refractivity contribution >= 4 is 23.7 Å². The lowest BCUT2D eigenvalue weighted by atomic mass is 10.1. The Labute approximate surface area is 150 Å². The van der Waals surface area contributed by atoms with Gasteiger partial charge in [0.2, 0.25) is 11.6 Å². The number of aromatic nitrogens is 3. The number of ketones is 2. The maximum absolute atomic E-state index is 12.3. The van der Waals surface area contributed by atoms with Gasteiger partial charge in [0.15, 0.2) is 0 Å². The zero-order chi connectivity index (χ0) is 18.2. The molecule has 5 nitrogen and oxygen atoms in total. The van der Waals surface area contributed by atoms with E-state index in [0.29, 0.717) is 11.4 Å². The molecule has 0 amide bonds. The van der Waals surface area contributed by atoms with Gasteiger partial charge in [0.25, 0.3) is 0 Å². The molecule has 0 radical (unpaired) electrons. The van der Waals surface area contributed by atoms with E-state index in [2.05, 4.69) is 15.0 Å². The van der Waals surface area contributed by atoms with Gasteiger partial charge in [0.1, 0.15) is 11.4 Å². The average Bonchev–Trinajstić information content (AvgIpc) is 2.72. The van der Waals surface area contributed by atoms with Gasteiger partial charge in [-0.2, -0.15) is 0 Å². The lowest BCUT2D eigenvalue weighted by Gasteiger charge is -1.99. The molecule has 3 rings (SSSR count). The van der Waals surface area contributed by atoms with E-state index in [1.54, 1.807) is 67.0 Å². The minimum Gasteiger partial charge on any atom is -0.288 e. The first-order chi connectivity index (χ1) is 12.7. The molecule has 0 spiro atoms. The Morgan fingerprint density at radius 3 is 1.58 bits per heavy atom. The molecule has 0 N–H and O–H groups in total. The molecule has 0 aromatic carbocycles. The van der Waals surface area contributed by atoms with Crippen LogP contribution in [0.25, 0.3) is 12.2 Å². The van der Waals surface area contributed by atoms with Crippen molar-refractivity contribution in [2.24, 2.45) is 0 Å². The highest BCUT2D eigenvalue weighted by atomic mass is 16.1. The van der Waals surface area contributed by atoms with Crippen LogP contribution in [0.5, 0.6) is 0 Å². The summed E-state index contributed by atoms with van der Waals surface area (Å²) in [4.78, 5) is 36.9. The summed E-state index contributed by atoms with van der Waals surface area (Å²) >= 11 is 0. The third-order valence-corrected chi connectivity index (χ3v) is 3.44. The van der Waals surface area contributed by atoms with Crippen molar-refractivity contribution in [3.63, 3.8) is 0 Å². The molecule has 126 valence electrons. The van der Waals surface area contributed by atoms with Crippen LogP contribution in [0.4, 0.5) is 0 Å². The molecular formula is C21H15N3O2. The van der Waals surface area contributed by atoms with E-state index >= 15 is 0 Å². The van der Waals surface area contributed by atoms with Gasteiger partial charge in [0, 0.05) is 12.4 Å². The third-order valence-electron chi connectivity index (χ3n) is 3.44. The van der Waals surface area contributed by atoms with E-state index in [1.807, 2.05) is 12.1 Å². The van der Waals surface area contributed by atoms with E-state index in [-0.39, 0.29) is 23.0 Å². The van der Waals surface area contributed by atoms with Crippen molar-refractivity contribution in [3.8, 4) is 0 Å². The summed E-state index contributed by atoms with van der Waals surface area (Å²) in [6, 6.07) is 15.6. The minimum absolute atomic E-state index is 0.203. The fourth-order valence-electron chi connectivity index (χ4n) is 2.15. The Balaban J connectivity index is 1.73. The van der Waals surface area contributed by atoms with E-state index in [9.17, 15) is 9.59 Å². The van der Waals surface area contributed by atoms with Gasteiger partial charge in [0.05, 0.1) is 11.4 Å². The summed E-state index contributed by atoms with van der Waals surface area (Å²) in [5.74, 6) is -0.585. The van der Waals surface area contributed by atoms with Crippen molar-refractivity contribution in [3.05, 3.63) is 102 Å². The molecule has 0 aliphatic carbocycles. The number of allylic oxidation sites excluding steroid dienone is 2. The van der Waals surface area contributed by atoms with Crippen molar-refractivity contribution in [1.82, 2.24) is 15.0 Å². The number of pyridine rings is 3. The smallest absolute Gasteiger partial charge is 0.204 e. The summed E-state index contributed by atoms with van der Waals surface area (Å²) < 4.78 is 0. The van der Waals surface area contributed by atoms with Gasteiger partial charge in [-0.25, -0.2) is 4.98 Å². The second-order valence-electron chi connectivity index (χ2n) is 5.31. The zero-order valence-corrected chi connectivity index (χ0v) is 13.8. The van der Waals surface area contributed by atoms with E-state index < -0.39 is 0 Å². The van der Waals surface area contributed by atoms with Crippen LogP contribution in [-0.4, -0.2) is 26.5 Å². The Hall–Kier alpha value is -3.73. The Morgan fingerprint density at radius 2 is 1.15 bits per heavy atom. The van der Waals surface area contributed by atoms with Crippen LogP contribution < -0.4 is 0 Å². The maximum Gasteiger partial charge on any atom is 0.204 e. The van der Waals surface area contributed by atoms with Crippen LogP contribution in [0.2, 0.25) is 0 Å². The molecule has 26 heavy (non-hydrogen) atoms. The highest BCUT2D eigenvalue weighted by Crippen LogP contribution is 2.06. The van der Waals surface area contributed by atoms with Crippen molar-refractivity contribution in [1.29, 1.82) is 0 Å². The first-order valence-corrected chi connectivity index (χ1v) is 7.96. The van der Waals surface area contributed by atoms with Crippen molar-refractivity contribution in [2.75, 3.05) is 0 Å². The fraction of sp³-hybridized carbons (Fsp3) is 0. The monoisotopic (exact) mass is 341 g/mol. The predicted molar refractivity (Wildman–Crippen MR) is 99.4 cm³/mol. The number of carbonyl (C=O) groups is 2. The second kappa shape index (κ2) is 8.39. The number of rotatable bonds is 6. The molecule has 0 aliphatic rings. The van der Waals surface area contributed by atoms with Gasteiger partial charge in [-0.15, -0.1) is 0 Å². The van der Waals surface area contributed by atoms with Gasteiger partial charge >= 0.3 is 0 Å². The Bertz CT molecular complexity index is 888. The number of hydrogen-bond acceptors (Lipinski definition) is 5. The number of nitrogens with zero attached hydrogens (tertiary/aromatic N) is 3. The van der Waals surface area contributed by atoms with E-state index in [0.717, 1.165) is 0 Å². The summed E-state index contributed by atoms with van der Waals surface area (Å²) in [5.41, 5.74) is 1.75. The summed E-state index contributed by atoms with van der Waals surface area (Å²) in [6.07, 6.45) is 9.30. The fourth-order valence-corrected chi connectivity index (χ4v) is 2.15. The summed E-state index contributed by atoms with van der Waals surface area (Å²) in [7, 11) is 0. The Kier molecular flexibility index (Phi) is 5.52. The van der Waals surface area contributed by atoms with E-state index in [4.69, 9.17) is 0 Å². The van der Waals surface area contributed by atoms with Crippen LogP contribution in [-0.2, 0) is 0 Å². The Morgan fingerprint density at radius 1 is 0.654 bits per heavy atom.